The van der Waals surface area contributed by atoms with Crippen molar-refractivity contribution in [1.82, 2.24) is 10.2 Å². The zero-order chi connectivity index (χ0) is 29.6. The fourth-order valence-corrected chi connectivity index (χ4v) is 5.72. The van der Waals surface area contributed by atoms with Gasteiger partial charge in [-0.3, -0.25) is 13.9 Å². The summed E-state index contributed by atoms with van der Waals surface area (Å²) in [6, 6.07) is 17.9. The summed E-state index contributed by atoms with van der Waals surface area (Å²) in [6.07, 6.45) is 1.25. The lowest BCUT2D eigenvalue weighted by molar-refractivity contribution is -0.140. The van der Waals surface area contributed by atoms with E-state index in [0.717, 1.165) is 16.1 Å². The summed E-state index contributed by atoms with van der Waals surface area (Å²) < 4.78 is 26.9. The molecule has 0 unspecified atom stereocenters. The molecular formula is C29H32Cl3N3O4S. The van der Waals surface area contributed by atoms with E-state index in [0.29, 0.717) is 31.9 Å². The molecule has 7 nitrogen and oxygen atoms in total. The molecule has 0 heterocycles. The van der Waals surface area contributed by atoms with Crippen LogP contribution in [0, 0.1) is 6.92 Å². The van der Waals surface area contributed by atoms with Gasteiger partial charge in [-0.15, -0.1) is 0 Å². The fourth-order valence-electron chi connectivity index (χ4n) is 4.26. The minimum Gasteiger partial charge on any atom is -0.352 e. The zero-order valence-electron chi connectivity index (χ0n) is 22.7. The lowest BCUT2D eigenvalue weighted by atomic mass is 10.0. The topological polar surface area (TPSA) is 86.8 Å². The summed E-state index contributed by atoms with van der Waals surface area (Å²) in [5, 5.41) is 4.00. The second-order valence-corrected chi connectivity index (χ2v) is 13.0. The molecule has 0 spiro atoms. The van der Waals surface area contributed by atoms with Crippen LogP contribution < -0.4 is 9.62 Å². The lowest BCUT2D eigenvalue weighted by Gasteiger charge is -2.34. The van der Waals surface area contributed by atoms with Crippen molar-refractivity contribution in [3.8, 4) is 0 Å². The highest BCUT2D eigenvalue weighted by Gasteiger charge is 2.33. The molecule has 11 heteroatoms. The molecule has 0 bridgehead atoms. The third-order valence-corrected chi connectivity index (χ3v) is 8.25. The van der Waals surface area contributed by atoms with Gasteiger partial charge in [0.2, 0.25) is 21.8 Å². The van der Waals surface area contributed by atoms with Gasteiger partial charge >= 0.3 is 0 Å². The Balaban J connectivity index is 2.09. The average molecular weight is 625 g/mol. The third-order valence-electron chi connectivity index (χ3n) is 6.15. The van der Waals surface area contributed by atoms with Gasteiger partial charge in [-0.1, -0.05) is 71.2 Å². The number of hydrogen-bond donors (Lipinski definition) is 1. The minimum atomic E-state index is -3.89. The molecule has 0 radical (unpaired) electrons. The lowest BCUT2D eigenvalue weighted by Crippen LogP contribution is -2.54. The molecule has 0 saturated heterocycles. The van der Waals surface area contributed by atoms with Crippen molar-refractivity contribution in [2.24, 2.45) is 0 Å². The first-order valence-electron chi connectivity index (χ1n) is 12.6. The number of anilines is 1. The normalized spacial score (nSPS) is 12.2. The number of hydrogen-bond acceptors (Lipinski definition) is 4. The highest BCUT2D eigenvalue weighted by molar-refractivity contribution is 7.92. The maximum absolute atomic E-state index is 14.1. The van der Waals surface area contributed by atoms with Gasteiger partial charge in [0.15, 0.2) is 0 Å². The van der Waals surface area contributed by atoms with E-state index < -0.39 is 28.5 Å². The van der Waals surface area contributed by atoms with Crippen LogP contribution in [0.5, 0.6) is 0 Å². The Bertz CT molecular complexity index is 1470. The van der Waals surface area contributed by atoms with Crippen molar-refractivity contribution in [1.29, 1.82) is 0 Å². The second kappa shape index (κ2) is 13.7. The van der Waals surface area contributed by atoms with Crippen LogP contribution in [-0.2, 0) is 32.6 Å². The minimum absolute atomic E-state index is 0.00403. The molecule has 0 aliphatic carbocycles. The Morgan fingerprint density at radius 3 is 2.15 bits per heavy atom. The van der Waals surface area contributed by atoms with Gasteiger partial charge in [0.05, 0.1) is 22.0 Å². The van der Waals surface area contributed by atoms with Crippen LogP contribution in [0.1, 0.15) is 30.5 Å². The van der Waals surface area contributed by atoms with Crippen LogP contribution in [0.3, 0.4) is 0 Å². The predicted octanol–water partition coefficient (Wildman–Crippen LogP) is 5.89. The molecule has 1 atom stereocenters. The number of nitrogens with one attached hydrogen (secondary N) is 1. The summed E-state index contributed by atoms with van der Waals surface area (Å²) in [7, 11) is -3.89. The van der Waals surface area contributed by atoms with Crippen LogP contribution in [0.2, 0.25) is 15.1 Å². The highest BCUT2D eigenvalue weighted by Crippen LogP contribution is 2.27. The van der Waals surface area contributed by atoms with E-state index in [1.54, 1.807) is 43.3 Å². The van der Waals surface area contributed by atoms with Crippen LogP contribution in [0.25, 0.3) is 0 Å². The molecule has 0 aliphatic rings. The number of carbonyl (C=O) groups excluding carboxylic acids is 2. The summed E-state index contributed by atoms with van der Waals surface area (Å²) in [5.41, 5.74) is 2.37. The Morgan fingerprint density at radius 1 is 0.900 bits per heavy atom. The van der Waals surface area contributed by atoms with Gasteiger partial charge in [0.25, 0.3) is 0 Å². The second-order valence-electron chi connectivity index (χ2n) is 9.84. The van der Waals surface area contributed by atoms with Crippen LogP contribution in [0.4, 0.5) is 5.69 Å². The first-order chi connectivity index (χ1) is 18.8. The number of carbonyl (C=O) groups is 2. The summed E-state index contributed by atoms with van der Waals surface area (Å²) in [6.45, 7) is 4.85. The largest absolute Gasteiger partial charge is 0.352 e. The fraction of sp³-hybridized carbons (Fsp3) is 0.310. The average Bonchev–Trinajstić information content (AvgIpc) is 2.86. The Hall–Kier alpha value is -2.78. The molecule has 0 fully saturated rings. The third kappa shape index (κ3) is 8.61. The molecule has 3 aromatic rings. The molecule has 3 rings (SSSR count). The molecule has 0 aliphatic heterocycles. The van der Waals surface area contributed by atoms with E-state index in [-0.39, 0.29) is 24.9 Å². The van der Waals surface area contributed by atoms with Gasteiger partial charge in [0, 0.05) is 24.0 Å². The van der Waals surface area contributed by atoms with Crippen LogP contribution >= 0.6 is 34.8 Å². The van der Waals surface area contributed by atoms with Crippen molar-refractivity contribution in [3.63, 3.8) is 0 Å². The van der Waals surface area contributed by atoms with Gasteiger partial charge in [-0.05, 0) is 67.8 Å². The molecule has 3 aromatic carbocycles. The number of nitrogens with zero attached hydrogens (tertiary/aromatic N) is 2. The Kier molecular flexibility index (Phi) is 10.9. The van der Waals surface area contributed by atoms with Crippen molar-refractivity contribution < 1.29 is 18.0 Å². The van der Waals surface area contributed by atoms with E-state index in [2.05, 4.69) is 5.32 Å². The standard InChI is InChI=1S/C29H32Cl3N3O4S/c1-19(2)33-29(37)27(16-21-8-6-5-7-9-21)34(17-22-10-12-24(31)25(32)15-22)28(36)18-35(40(4,38)39)26-13-11-23(30)14-20(26)3/h5-15,19,27H,16-18H2,1-4H3,(H,33,37)/t27-/m0/s1. The molecule has 0 saturated carbocycles. The van der Waals surface area contributed by atoms with Crippen molar-refractivity contribution in [2.45, 2.75) is 45.8 Å². The molecule has 0 aromatic heterocycles. The number of rotatable bonds is 11. The quantitative estimate of drug-likeness (QED) is 0.289. The number of benzene rings is 3. The summed E-state index contributed by atoms with van der Waals surface area (Å²) in [5.74, 6) is -0.925. The molecule has 1 N–H and O–H groups in total. The smallest absolute Gasteiger partial charge is 0.244 e. The SMILES string of the molecule is Cc1cc(Cl)ccc1N(CC(=O)N(Cc1ccc(Cl)c(Cl)c1)[C@@H](Cc1ccccc1)C(=O)NC(C)C)S(C)(=O)=O. The Morgan fingerprint density at radius 2 is 1.57 bits per heavy atom. The number of sulfonamides is 1. The summed E-state index contributed by atoms with van der Waals surface area (Å²) >= 11 is 18.5. The van der Waals surface area contributed by atoms with Crippen LogP contribution in [-0.4, -0.2) is 50.0 Å². The maximum Gasteiger partial charge on any atom is 0.244 e. The number of halogens is 3. The number of aryl methyl sites for hydroxylation is 1. The predicted molar refractivity (Wildman–Crippen MR) is 163 cm³/mol. The molecule has 2 amide bonds. The van der Waals surface area contributed by atoms with Crippen molar-refractivity contribution in [3.05, 3.63) is 98.5 Å². The molecule has 214 valence electrons. The van der Waals surface area contributed by atoms with E-state index in [9.17, 15) is 18.0 Å². The van der Waals surface area contributed by atoms with Crippen molar-refractivity contribution >= 4 is 62.3 Å². The molecule has 40 heavy (non-hydrogen) atoms. The van der Waals surface area contributed by atoms with E-state index >= 15 is 0 Å². The first kappa shape index (κ1) is 31.7. The zero-order valence-corrected chi connectivity index (χ0v) is 25.8. The molecular weight excluding hydrogens is 593 g/mol. The van der Waals surface area contributed by atoms with Crippen molar-refractivity contribution in [2.75, 3.05) is 17.1 Å². The van der Waals surface area contributed by atoms with E-state index in [1.807, 2.05) is 44.2 Å². The highest BCUT2D eigenvalue weighted by atomic mass is 35.5. The Labute approximate surface area is 251 Å². The van der Waals surface area contributed by atoms with Gasteiger partial charge < -0.3 is 10.2 Å². The van der Waals surface area contributed by atoms with E-state index in [4.69, 9.17) is 34.8 Å². The monoisotopic (exact) mass is 623 g/mol. The number of amides is 2. The van der Waals surface area contributed by atoms with E-state index in [1.165, 1.54) is 4.90 Å². The van der Waals surface area contributed by atoms with Gasteiger partial charge in [0.1, 0.15) is 12.6 Å². The van der Waals surface area contributed by atoms with Gasteiger partial charge in [-0.2, -0.15) is 0 Å². The summed E-state index contributed by atoms with van der Waals surface area (Å²) in [4.78, 5) is 29.0. The van der Waals surface area contributed by atoms with Crippen LogP contribution in [0.15, 0.2) is 66.7 Å². The van der Waals surface area contributed by atoms with Gasteiger partial charge in [-0.25, -0.2) is 8.42 Å². The maximum atomic E-state index is 14.1. The first-order valence-corrected chi connectivity index (χ1v) is 15.6.